The molecule has 0 saturated carbocycles. The van der Waals surface area contributed by atoms with Crippen LogP contribution in [0, 0.1) is 0 Å². The van der Waals surface area contributed by atoms with Gasteiger partial charge in [0.2, 0.25) is 0 Å². The molecular formula is C15H37NO2Si2. The average molecular weight is 320 g/mol. The third-order valence-electron chi connectivity index (χ3n) is 4.09. The van der Waals surface area contributed by atoms with Gasteiger partial charge in [0.15, 0.2) is 0 Å². The van der Waals surface area contributed by atoms with Gasteiger partial charge in [0.25, 0.3) is 0 Å². The van der Waals surface area contributed by atoms with E-state index in [9.17, 15) is 0 Å². The third kappa shape index (κ3) is 7.93. The van der Waals surface area contributed by atoms with Crippen LogP contribution in [0.3, 0.4) is 0 Å². The summed E-state index contributed by atoms with van der Waals surface area (Å²) >= 11 is 0. The van der Waals surface area contributed by atoms with Crippen molar-refractivity contribution in [1.29, 1.82) is 0 Å². The summed E-state index contributed by atoms with van der Waals surface area (Å²) in [5.74, 6) is 0. The molecule has 0 rings (SSSR count). The number of rotatable bonds is 9. The molecule has 0 heterocycles. The Morgan fingerprint density at radius 1 is 1.25 bits per heavy atom. The van der Waals surface area contributed by atoms with Crippen LogP contribution >= 0.6 is 0 Å². The van der Waals surface area contributed by atoms with Crippen LogP contribution in [-0.2, 0) is 8.85 Å². The highest BCUT2D eigenvalue weighted by Gasteiger charge is 2.33. The van der Waals surface area contributed by atoms with Gasteiger partial charge in [-0.25, -0.2) is 0 Å². The molecule has 122 valence electrons. The van der Waals surface area contributed by atoms with Crippen molar-refractivity contribution in [2.45, 2.75) is 78.0 Å². The van der Waals surface area contributed by atoms with E-state index < -0.39 is 17.4 Å². The lowest BCUT2D eigenvalue weighted by Gasteiger charge is -2.34. The van der Waals surface area contributed by atoms with Crippen molar-refractivity contribution in [2.75, 3.05) is 20.2 Å². The van der Waals surface area contributed by atoms with Gasteiger partial charge in [0.1, 0.15) is 0 Å². The molecule has 0 N–H and O–H groups in total. The third-order valence-corrected chi connectivity index (χ3v) is 9.41. The Bertz CT molecular complexity index is 269. The van der Waals surface area contributed by atoms with E-state index in [0.717, 1.165) is 25.6 Å². The quantitative estimate of drug-likeness (QED) is 0.606. The van der Waals surface area contributed by atoms with E-state index >= 15 is 0 Å². The molecule has 0 spiro atoms. The molecule has 0 aromatic rings. The maximum atomic E-state index is 6.37. The van der Waals surface area contributed by atoms with Gasteiger partial charge >= 0.3 is 8.56 Å². The van der Waals surface area contributed by atoms with Crippen molar-refractivity contribution in [2.24, 2.45) is 0 Å². The van der Waals surface area contributed by atoms with Crippen LogP contribution in [0.25, 0.3) is 0 Å². The number of nitrogens with zero attached hydrogens (tertiary/aromatic N) is 1. The molecule has 2 atom stereocenters. The van der Waals surface area contributed by atoms with Crippen molar-refractivity contribution in [1.82, 2.24) is 4.90 Å². The lowest BCUT2D eigenvalue weighted by atomic mass is 10.1. The van der Waals surface area contributed by atoms with Crippen LogP contribution in [0.15, 0.2) is 0 Å². The van der Waals surface area contributed by atoms with Gasteiger partial charge in [-0.1, -0.05) is 13.1 Å². The smallest absolute Gasteiger partial charge is 0.334 e. The first-order valence-corrected chi connectivity index (χ1v) is 13.5. The molecule has 0 aliphatic rings. The second-order valence-electron chi connectivity index (χ2n) is 7.33. The highest BCUT2D eigenvalue weighted by Crippen LogP contribution is 2.20. The molecule has 5 heteroatoms. The second-order valence-corrected chi connectivity index (χ2v) is 14.0. The van der Waals surface area contributed by atoms with Crippen molar-refractivity contribution < 1.29 is 8.85 Å². The summed E-state index contributed by atoms with van der Waals surface area (Å²) in [4.78, 5) is 2.41. The zero-order chi connectivity index (χ0) is 16.0. The predicted octanol–water partition coefficient (Wildman–Crippen LogP) is 3.65. The molecule has 0 aromatic carbocycles. The maximum absolute atomic E-state index is 6.37. The summed E-state index contributed by atoms with van der Waals surface area (Å²) in [7, 11) is -0.543. The van der Waals surface area contributed by atoms with Crippen LogP contribution in [0.2, 0.25) is 25.7 Å². The SMILES string of the molecule is CCO[Si](C)(CCCN(C)C(C)(C)C)OC(C)[SiH](C)C. The first kappa shape index (κ1) is 20.3. The fraction of sp³-hybridized carbons (Fsp3) is 1.00. The summed E-state index contributed by atoms with van der Waals surface area (Å²) in [6.45, 7) is 19.9. The first-order valence-electron chi connectivity index (χ1n) is 8.05. The second kappa shape index (κ2) is 8.68. The van der Waals surface area contributed by atoms with Crippen molar-refractivity contribution >= 4 is 17.4 Å². The standard InChI is InChI=1S/C15H37NO2Si2/c1-10-17-20(9,18-14(2)19(7)8)13-11-12-16(6)15(3,4)5/h14,19H,10-13H2,1-9H3. The summed E-state index contributed by atoms with van der Waals surface area (Å²) in [6.07, 6.45) is 1.16. The zero-order valence-corrected chi connectivity index (χ0v) is 17.4. The van der Waals surface area contributed by atoms with Crippen molar-refractivity contribution in [3.8, 4) is 0 Å². The summed E-state index contributed by atoms with van der Waals surface area (Å²) in [6, 6.07) is 1.09. The summed E-state index contributed by atoms with van der Waals surface area (Å²) < 4.78 is 12.4. The van der Waals surface area contributed by atoms with E-state index in [1.54, 1.807) is 0 Å². The van der Waals surface area contributed by atoms with E-state index in [4.69, 9.17) is 8.85 Å². The van der Waals surface area contributed by atoms with E-state index in [0.29, 0.717) is 5.73 Å². The minimum Gasteiger partial charge on any atom is -0.395 e. The first-order chi connectivity index (χ1) is 9.02. The lowest BCUT2D eigenvalue weighted by Crippen LogP contribution is -2.46. The molecular weight excluding hydrogens is 282 g/mol. The Kier molecular flexibility index (Phi) is 8.82. The summed E-state index contributed by atoms with van der Waals surface area (Å²) in [5.41, 5.74) is 0.654. The molecule has 0 amide bonds. The van der Waals surface area contributed by atoms with Crippen molar-refractivity contribution in [3.63, 3.8) is 0 Å². The fourth-order valence-electron chi connectivity index (χ4n) is 1.97. The Morgan fingerprint density at radius 2 is 1.80 bits per heavy atom. The molecule has 2 unspecified atom stereocenters. The van der Waals surface area contributed by atoms with E-state index in [1.807, 2.05) is 0 Å². The molecule has 0 saturated heterocycles. The molecule has 0 radical (unpaired) electrons. The maximum Gasteiger partial charge on any atom is 0.334 e. The Balaban J connectivity index is 4.39. The topological polar surface area (TPSA) is 21.7 Å². The van der Waals surface area contributed by atoms with Gasteiger partial charge in [-0.05, 0) is 67.2 Å². The van der Waals surface area contributed by atoms with Crippen LogP contribution in [0.4, 0.5) is 0 Å². The Labute approximate surface area is 129 Å². The minimum atomic E-state index is -1.99. The number of hydrogen-bond donors (Lipinski definition) is 0. The highest BCUT2D eigenvalue weighted by molar-refractivity contribution is 6.67. The molecule has 20 heavy (non-hydrogen) atoms. The summed E-state index contributed by atoms with van der Waals surface area (Å²) in [5, 5.41) is 0. The van der Waals surface area contributed by atoms with Gasteiger partial charge in [-0.3, -0.25) is 0 Å². The van der Waals surface area contributed by atoms with E-state index in [2.05, 4.69) is 66.2 Å². The normalized spacial score (nSPS) is 17.6. The predicted molar refractivity (Wildman–Crippen MR) is 94.5 cm³/mol. The van der Waals surface area contributed by atoms with Crippen molar-refractivity contribution in [3.05, 3.63) is 0 Å². The molecule has 0 fully saturated rings. The van der Waals surface area contributed by atoms with E-state index in [-0.39, 0.29) is 5.54 Å². The van der Waals surface area contributed by atoms with Crippen LogP contribution in [-0.4, -0.2) is 53.7 Å². The highest BCUT2D eigenvalue weighted by atomic mass is 28.4. The monoisotopic (exact) mass is 319 g/mol. The fourth-order valence-corrected chi connectivity index (χ4v) is 6.45. The van der Waals surface area contributed by atoms with Gasteiger partial charge < -0.3 is 13.8 Å². The Hall–Kier alpha value is 0.314. The molecule has 0 aliphatic carbocycles. The van der Waals surface area contributed by atoms with Crippen LogP contribution in [0.5, 0.6) is 0 Å². The molecule has 0 aliphatic heterocycles. The van der Waals surface area contributed by atoms with Gasteiger partial charge in [0.05, 0.1) is 8.80 Å². The molecule has 0 aromatic heterocycles. The molecule has 0 bridgehead atoms. The van der Waals surface area contributed by atoms with Gasteiger partial charge in [-0.15, -0.1) is 0 Å². The lowest BCUT2D eigenvalue weighted by molar-refractivity contribution is 0.155. The van der Waals surface area contributed by atoms with Gasteiger partial charge in [0, 0.05) is 17.9 Å². The minimum absolute atomic E-state index is 0.239. The van der Waals surface area contributed by atoms with Gasteiger partial charge in [-0.2, -0.15) is 0 Å². The number of hydrogen-bond acceptors (Lipinski definition) is 3. The van der Waals surface area contributed by atoms with Crippen LogP contribution < -0.4 is 0 Å². The average Bonchev–Trinajstić information content (AvgIpc) is 2.27. The van der Waals surface area contributed by atoms with E-state index in [1.165, 1.54) is 0 Å². The van der Waals surface area contributed by atoms with Crippen LogP contribution in [0.1, 0.15) is 41.0 Å². The zero-order valence-electron chi connectivity index (χ0n) is 15.2. The molecule has 3 nitrogen and oxygen atoms in total. The largest absolute Gasteiger partial charge is 0.395 e. The Morgan fingerprint density at radius 3 is 2.20 bits per heavy atom.